The second-order valence-corrected chi connectivity index (χ2v) is 5.22. The fourth-order valence-electron chi connectivity index (χ4n) is 2.16. The topological polar surface area (TPSA) is 21.6 Å². The third-order valence-corrected chi connectivity index (χ3v) is 3.37. The van der Waals surface area contributed by atoms with E-state index >= 15 is 0 Å². The van der Waals surface area contributed by atoms with Gasteiger partial charge < -0.3 is 4.74 Å². The molecule has 0 bridgehead atoms. The molecule has 2 nitrogen and oxygen atoms in total. The van der Waals surface area contributed by atoms with Crippen molar-refractivity contribution >= 4 is 11.9 Å². The maximum absolute atomic E-state index is 13.6. The largest absolute Gasteiger partial charge is 0.429 e. The zero-order chi connectivity index (χ0) is 18.2. The highest BCUT2D eigenvalue weighted by Gasteiger charge is 2.16. The molecule has 0 amide bonds. The van der Waals surface area contributed by atoms with Gasteiger partial charge in [-0.15, -0.1) is 0 Å². The Bertz CT molecular complexity index is 732. The van der Waals surface area contributed by atoms with Crippen molar-refractivity contribution in [1.82, 2.24) is 0 Å². The van der Waals surface area contributed by atoms with E-state index in [4.69, 9.17) is 0 Å². The maximum Gasteiger partial charge on any atom is 0.387 e. The molecular weight excluding hydrogens is 334 g/mol. The van der Waals surface area contributed by atoms with Gasteiger partial charge in [0.25, 0.3) is 0 Å². The molecule has 0 heterocycles. The van der Waals surface area contributed by atoms with Gasteiger partial charge in [0.15, 0.2) is 17.4 Å². The molecule has 0 atom stereocenters. The Kier molecular flexibility index (Phi) is 6.74. The van der Waals surface area contributed by atoms with Crippen LogP contribution in [-0.2, 0) is 6.42 Å². The summed E-state index contributed by atoms with van der Waals surface area (Å²) >= 11 is 0. The second kappa shape index (κ2) is 9.01. The van der Waals surface area contributed by atoms with Crippen LogP contribution in [0.15, 0.2) is 53.5 Å². The molecule has 0 unspecified atom stereocenters. The summed E-state index contributed by atoms with van der Waals surface area (Å²) in [5.74, 6) is -3.57. The predicted molar refractivity (Wildman–Crippen MR) is 89.8 cm³/mol. The van der Waals surface area contributed by atoms with Crippen LogP contribution in [0.4, 0.5) is 23.2 Å². The number of aliphatic imine (C=N–C) groups is 1. The van der Waals surface area contributed by atoms with Gasteiger partial charge in [-0.3, -0.25) is 4.99 Å². The number of aryl methyl sites for hydroxylation is 1. The van der Waals surface area contributed by atoms with E-state index in [1.165, 1.54) is 11.8 Å². The monoisotopic (exact) mass is 351 g/mol. The highest BCUT2D eigenvalue weighted by molar-refractivity contribution is 5.82. The molecule has 0 spiro atoms. The van der Waals surface area contributed by atoms with Crippen molar-refractivity contribution in [3.05, 3.63) is 71.3 Å². The normalized spacial score (nSPS) is 11.8. The molecular formula is C19H17F4NO. The first-order valence-electron chi connectivity index (χ1n) is 7.67. The zero-order valence-corrected chi connectivity index (χ0v) is 13.6. The molecule has 0 radical (unpaired) electrons. The van der Waals surface area contributed by atoms with Crippen LogP contribution in [-0.4, -0.2) is 12.8 Å². The first-order valence-corrected chi connectivity index (χ1v) is 7.67. The predicted octanol–water partition coefficient (Wildman–Crippen LogP) is 5.83. The third kappa shape index (κ3) is 5.74. The molecule has 132 valence electrons. The average molecular weight is 351 g/mol. The average Bonchev–Trinajstić information content (AvgIpc) is 2.57. The lowest BCUT2D eigenvalue weighted by Crippen LogP contribution is -2.05. The number of benzene rings is 2. The van der Waals surface area contributed by atoms with Crippen LogP contribution >= 0.6 is 0 Å². The van der Waals surface area contributed by atoms with Gasteiger partial charge in [0.1, 0.15) is 0 Å². The van der Waals surface area contributed by atoms with Gasteiger partial charge in [0, 0.05) is 18.3 Å². The number of allylic oxidation sites excluding steroid dienone is 2. The van der Waals surface area contributed by atoms with Gasteiger partial charge in [-0.1, -0.05) is 36.4 Å². The van der Waals surface area contributed by atoms with Gasteiger partial charge in [0.2, 0.25) is 0 Å². The Morgan fingerprint density at radius 1 is 1.08 bits per heavy atom. The third-order valence-electron chi connectivity index (χ3n) is 3.37. The van der Waals surface area contributed by atoms with Crippen molar-refractivity contribution in [3.8, 4) is 5.75 Å². The van der Waals surface area contributed by atoms with Gasteiger partial charge in [0.05, 0.1) is 5.69 Å². The van der Waals surface area contributed by atoms with E-state index in [0.717, 1.165) is 30.5 Å². The number of hydrogen-bond acceptors (Lipinski definition) is 2. The first-order chi connectivity index (χ1) is 12.0. The molecule has 2 rings (SSSR count). The maximum atomic E-state index is 13.6. The number of halogens is 4. The summed E-state index contributed by atoms with van der Waals surface area (Å²) in [5, 5.41) is 0. The van der Waals surface area contributed by atoms with Gasteiger partial charge in [-0.25, -0.2) is 8.78 Å². The number of rotatable bonds is 7. The molecule has 2 aromatic carbocycles. The molecule has 0 saturated heterocycles. The van der Waals surface area contributed by atoms with Crippen LogP contribution in [0, 0.1) is 11.6 Å². The van der Waals surface area contributed by atoms with E-state index in [2.05, 4.69) is 15.8 Å². The van der Waals surface area contributed by atoms with E-state index in [9.17, 15) is 17.6 Å². The quantitative estimate of drug-likeness (QED) is 0.350. The van der Waals surface area contributed by atoms with E-state index in [-0.39, 0.29) is 5.69 Å². The van der Waals surface area contributed by atoms with Crippen molar-refractivity contribution in [2.45, 2.75) is 26.4 Å². The van der Waals surface area contributed by atoms with Crippen LogP contribution in [0.1, 0.15) is 24.5 Å². The summed E-state index contributed by atoms with van der Waals surface area (Å²) in [6.07, 6.45) is 7.40. The Labute approximate surface area is 143 Å². The fourth-order valence-corrected chi connectivity index (χ4v) is 2.16. The summed E-state index contributed by atoms with van der Waals surface area (Å²) in [4.78, 5) is 3.96. The molecule has 0 aliphatic heterocycles. The lowest BCUT2D eigenvalue weighted by atomic mass is 10.1. The molecule has 6 heteroatoms. The van der Waals surface area contributed by atoms with Crippen LogP contribution in [0.3, 0.4) is 0 Å². The highest BCUT2D eigenvalue weighted by atomic mass is 19.3. The van der Waals surface area contributed by atoms with Crippen molar-refractivity contribution in [2.75, 3.05) is 0 Å². The van der Waals surface area contributed by atoms with E-state index in [0.29, 0.717) is 0 Å². The Morgan fingerprint density at radius 2 is 1.72 bits per heavy atom. The lowest BCUT2D eigenvalue weighted by molar-refractivity contribution is -0.0546. The Morgan fingerprint density at radius 3 is 2.28 bits per heavy atom. The first kappa shape index (κ1) is 18.7. The number of ether oxygens (including phenoxy) is 1. The SMILES string of the molecule is C/C=C/CCc1ccc(C=Nc2cc(F)c(OC(F)F)c(F)c2)cc1. The van der Waals surface area contributed by atoms with E-state index in [1.807, 2.05) is 37.3 Å². The minimum atomic E-state index is -3.30. The minimum Gasteiger partial charge on any atom is -0.429 e. The van der Waals surface area contributed by atoms with Crippen LogP contribution in [0.25, 0.3) is 0 Å². The molecule has 0 aromatic heterocycles. The van der Waals surface area contributed by atoms with Gasteiger partial charge in [-0.05, 0) is 30.9 Å². The van der Waals surface area contributed by atoms with Crippen molar-refractivity contribution in [3.63, 3.8) is 0 Å². The van der Waals surface area contributed by atoms with Gasteiger partial charge in [-0.2, -0.15) is 8.78 Å². The van der Waals surface area contributed by atoms with Crippen molar-refractivity contribution < 1.29 is 22.3 Å². The van der Waals surface area contributed by atoms with E-state index < -0.39 is 24.0 Å². The van der Waals surface area contributed by atoms with E-state index in [1.54, 1.807) is 0 Å². The lowest BCUT2D eigenvalue weighted by Gasteiger charge is -2.07. The molecule has 0 aliphatic rings. The van der Waals surface area contributed by atoms with Crippen LogP contribution in [0.2, 0.25) is 0 Å². The minimum absolute atomic E-state index is 0.0335. The van der Waals surface area contributed by atoms with Crippen LogP contribution in [0.5, 0.6) is 5.75 Å². The molecule has 0 aliphatic carbocycles. The molecule has 2 aromatic rings. The van der Waals surface area contributed by atoms with Gasteiger partial charge >= 0.3 is 6.61 Å². The number of alkyl halides is 2. The fraction of sp³-hybridized carbons (Fsp3) is 0.211. The Balaban J connectivity index is 2.08. The van der Waals surface area contributed by atoms with Crippen molar-refractivity contribution in [2.24, 2.45) is 4.99 Å². The smallest absolute Gasteiger partial charge is 0.387 e. The summed E-state index contributed by atoms with van der Waals surface area (Å²) in [5.41, 5.74) is 1.89. The van der Waals surface area contributed by atoms with Crippen LogP contribution < -0.4 is 4.74 Å². The zero-order valence-electron chi connectivity index (χ0n) is 13.6. The summed E-state index contributed by atoms with van der Waals surface area (Å²) < 4.78 is 55.2. The standard InChI is InChI=1S/C19H17F4NO/c1-2-3-4-5-13-6-8-14(9-7-13)12-24-15-10-16(20)18(17(21)11-15)25-19(22)23/h2-3,6-12,19H,4-5H2,1H3/b3-2+,24-12?. The molecule has 0 fully saturated rings. The molecule has 0 N–H and O–H groups in total. The summed E-state index contributed by atoms with van der Waals surface area (Å²) in [6.45, 7) is -1.33. The van der Waals surface area contributed by atoms with Crippen molar-refractivity contribution in [1.29, 1.82) is 0 Å². The number of hydrogen-bond donors (Lipinski definition) is 0. The molecule has 0 saturated carbocycles. The second-order valence-electron chi connectivity index (χ2n) is 5.22. The molecule has 25 heavy (non-hydrogen) atoms. The Hall–Kier alpha value is -2.63. The number of nitrogens with zero attached hydrogens (tertiary/aromatic N) is 1. The summed E-state index contributed by atoms with van der Waals surface area (Å²) in [6, 6.07) is 9.26. The summed E-state index contributed by atoms with van der Waals surface area (Å²) in [7, 11) is 0. The highest BCUT2D eigenvalue weighted by Crippen LogP contribution is 2.28.